The number of carbonyl (C=O) groups is 12. The number of aliphatic hydroxyl groups is 1. The minimum absolute atomic E-state index is 0.0673. The minimum Gasteiger partial charge on any atom is -0.481 e. The van der Waals surface area contributed by atoms with Crippen LogP contribution in [0.2, 0.25) is 0 Å². The summed E-state index contributed by atoms with van der Waals surface area (Å²) >= 11 is 0. The molecule has 81 heavy (non-hydrogen) atoms. The zero-order valence-electron chi connectivity index (χ0n) is 47.8. The van der Waals surface area contributed by atoms with Gasteiger partial charge in [0.1, 0.15) is 42.3 Å². The molecule has 10 amide bonds. The largest absolute Gasteiger partial charge is 0.490 e. The monoisotopic (exact) mass is 1170 g/mol. The second-order valence-electron chi connectivity index (χ2n) is 19.9. The number of amides is 10. The Bertz CT molecular complexity index is 2180. The van der Waals surface area contributed by atoms with Gasteiger partial charge in [-0.25, -0.2) is 4.79 Å². The molecule has 0 aromatic carbocycles. The molecule has 0 aliphatic carbocycles. The summed E-state index contributed by atoms with van der Waals surface area (Å²) in [5.41, 5.74) is 11.0. The topological polar surface area (TPSA) is 433 Å². The summed E-state index contributed by atoms with van der Waals surface area (Å²) < 4.78 is 31.7. The number of nitrogens with one attached hydrogen (secondary N) is 8. The molecule has 1 saturated heterocycles. The molecule has 31 heteroatoms. The van der Waals surface area contributed by atoms with Crippen LogP contribution in [0.3, 0.4) is 0 Å². The molecule has 1 aliphatic heterocycles. The molecule has 28 nitrogen and oxygen atoms in total. The fraction of sp³-hybridized carbons (Fsp3) is 0.740. The number of nitrogens with zero attached hydrogens (tertiary/aromatic N) is 3. The van der Waals surface area contributed by atoms with Crippen molar-refractivity contribution >= 4 is 77.0 Å². The molecular weight excluding hydrogens is 1080 g/mol. The average molecular weight is 1170 g/mol. The first-order valence-electron chi connectivity index (χ1n) is 26.8. The molecule has 1 fully saturated rings. The highest BCUT2D eigenvalue weighted by Gasteiger charge is 2.41. The van der Waals surface area contributed by atoms with E-state index in [-0.39, 0.29) is 44.1 Å². The van der Waals surface area contributed by atoms with E-state index in [1.807, 2.05) is 0 Å². The van der Waals surface area contributed by atoms with Crippen molar-refractivity contribution in [2.75, 3.05) is 39.8 Å². The molecule has 0 radical (unpaired) electrons. The van der Waals surface area contributed by atoms with E-state index in [2.05, 4.69) is 47.5 Å². The summed E-state index contributed by atoms with van der Waals surface area (Å²) in [4.78, 5) is 160. The first kappa shape index (κ1) is 73.7. The Balaban J connectivity index is 0.00000852. The van der Waals surface area contributed by atoms with Crippen LogP contribution in [0.1, 0.15) is 127 Å². The van der Waals surface area contributed by atoms with Crippen molar-refractivity contribution in [1.29, 1.82) is 0 Å². The van der Waals surface area contributed by atoms with Crippen LogP contribution in [-0.2, 0) is 57.5 Å². The Hall–Kier alpha value is -7.34. The normalized spacial score (nSPS) is 16.3. The van der Waals surface area contributed by atoms with Gasteiger partial charge in [0.15, 0.2) is 5.96 Å². The van der Waals surface area contributed by atoms with E-state index < -0.39 is 157 Å². The molecule has 0 aromatic heterocycles. The molecule has 462 valence electrons. The second kappa shape index (κ2) is 36.8. The number of rotatable bonds is 33. The third-order valence-electron chi connectivity index (χ3n) is 12.9. The van der Waals surface area contributed by atoms with Crippen LogP contribution in [0.4, 0.5) is 13.2 Å². The Kier molecular flexibility index (Phi) is 33.5. The highest BCUT2D eigenvalue weighted by molar-refractivity contribution is 5.98. The predicted molar refractivity (Wildman–Crippen MR) is 286 cm³/mol. The van der Waals surface area contributed by atoms with E-state index in [1.54, 1.807) is 55.4 Å². The highest BCUT2D eigenvalue weighted by Crippen LogP contribution is 2.21. The second-order valence-corrected chi connectivity index (χ2v) is 19.9. The number of carboxylic acids is 2. The van der Waals surface area contributed by atoms with E-state index in [1.165, 1.54) is 18.9 Å². The van der Waals surface area contributed by atoms with E-state index in [4.69, 9.17) is 26.5 Å². The van der Waals surface area contributed by atoms with E-state index in [9.17, 15) is 71.0 Å². The Morgan fingerprint density at radius 1 is 0.679 bits per heavy atom. The standard InChI is InChI=1S/C48H85N13O13.C2HF3O2/c1-11-17-30(41(68)57-38(27(7)12-2)44(71)55-31(18-15-22-52-48(49)50)47(74)61-23-16-19-32(61)42(69)51-14-4)54-46(73)40(29(9)62)59-45(72)39(28(8)13-3)58-43(70)37(26(5)6)56-33(63)24-53-34(64)25-60(10)35(65)20-21-36(66)67;3-2(4,5)1(6)7/h26-32,37-40,62H,11-25H2,1-10H3,(H,51,69)(H,53,64)(H,54,73)(H,55,71)(H,56,63)(H,57,68)(H,58,70)(H,59,72)(H,66,67)(H4,49,50,52);(H,6,7)/t27-,28-,29+,30-,31-,32-,37-,38-,39+,40-;/m0./s1. The van der Waals surface area contributed by atoms with Crippen LogP contribution in [-0.4, -0.2) is 196 Å². The zero-order chi connectivity index (χ0) is 62.5. The average Bonchev–Trinajstić information content (AvgIpc) is 3.99. The smallest absolute Gasteiger partial charge is 0.481 e. The number of carbonyl (C=O) groups excluding carboxylic acids is 10. The van der Waals surface area contributed by atoms with Gasteiger partial charge in [-0.05, 0) is 63.7 Å². The maximum atomic E-state index is 14.2. The third-order valence-corrected chi connectivity index (χ3v) is 12.9. The molecular formula is C50H86F3N13O15. The number of aliphatic hydroxyl groups excluding tert-OH is 1. The molecule has 1 heterocycles. The van der Waals surface area contributed by atoms with Gasteiger partial charge in [-0.2, -0.15) is 13.2 Å². The molecule has 1 rings (SSSR count). The SMILES string of the molecule is CCC[C@H](NC(=O)[C@@H](NC(=O)[C@H](NC(=O)[C@@H](NC(=O)CNC(=O)CN(C)C(=O)CCC(=O)O)C(C)C)[C@@H](C)CC)[C@@H](C)O)C(=O)N[C@H](C(=O)N[C@@H](CCCN=C(N)N)C(=O)N1CCC[C@H]1C(=O)NCC)[C@@H](C)CC.O=C(O)C(F)(F)F. The highest BCUT2D eigenvalue weighted by atomic mass is 19.4. The van der Waals surface area contributed by atoms with Gasteiger partial charge in [-0.15, -0.1) is 0 Å². The molecule has 0 aromatic rings. The number of hydrogen-bond donors (Lipinski definition) is 13. The summed E-state index contributed by atoms with van der Waals surface area (Å²) in [6.45, 7) is 14.7. The lowest BCUT2D eigenvalue weighted by Gasteiger charge is -2.32. The molecule has 1 aliphatic rings. The van der Waals surface area contributed by atoms with Crippen molar-refractivity contribution in [3.8, 4) is 0 Å². The Morgan fingerprint density at radius 2 is 1.19 bits per heavy atom. The predicted octanol–water partition coefficient (Wildman–Crippen LogP) is -1.92. The maximum Gasteiger partial charge on any atom is 0.490 e. The number of aliphatic imine (C=N–C) groups is 1. The molecule has 0 saturated carbocycles. The number of carboxylic acid groups (broad SMARTS) is 2. The van der Waals surface area contributed by atoms with Gasteiger partial charge in [0, 0.05) is 33.1 Å². The van der Waals surface area contributed by atoms with Crippen molar-refractivity contribution in [2.24, 2.45) is 34.2 Å². The summed E-state index contributed by atoms with van der Waals surface area (Å²) in [5, 5.41) is 47.7. The lowest BCUT2D eigenvalue weighted by molar-refractivity contribution is -0.192. The van der Waals surface area contributed by atoms with Crippen LogP contribution < -0.4 is 54.0 Å². The minimum atomic E-state index is -5.08. The van der Waals surface area contributed by atoms with Crippen molar-refractivity contribution in [1.82, 2.24) is 52.3 Å². The molecule has 15 N–H and O–H groups in total. The Morgan fingerprint density at radius 3 is 1.67 bits per heavy atom. The van der Waals surface area contributed by atoms with E-state index >= 15 is 0 Å². The van der Waals surface area contributed by atoms with E-state index in [0.29, 0.717) is 45.2 Å². The number of likely N-dealkylation sites (N-methyl/N-ethyl adjacent to an activating group) is 2. The van der Waals surface area contributed by atoms with Gasteiger partial charge in [0.25, 0.3) is 0 Å². The van der Waals surface area contributed by atoms with Crippen LogP contribution in [0, 0.1) is 17.8 Å². The Labute approximate surface area is 469 Å². The summed E-state index contributed by atoms with van der Waals surface area (Å²) in [7, 11) is 1.30. The van der Waals surface area contributed by atoms with Crippen molar-refractivity contribution in [3.05, 3.63) is 0 Å². The van der Waals surface area contributed by atoms with E-state index in [0.717, 1.165) is 4.90 Å². The lowest BCUT2D eigenvalue weighted by Crippen LogP contribution is -2.63. The number of nitrogens with two attached hydrogens (primary N) is 2. The lowest BCUT2D eigenvalue weighted by atomic mass is 9.95. The van der Waals surface area contributed by atoms with Gasteiger partial charge >= 0.3 is 18.1 Å². The first-order valence-corrected chi connectivity index (χ1v) is 26.8. The van der Waals surface area contributed by atoms with Crippen LogP contribution in [0.25, 0.3) is 0 Å². The molecule has 10 atom stereocenters. The molecule has 0 spiro atoms. The van der Waals surface area contributed by atoms with Gasteiger partial charge in [-0.3, -0.25) is 57.7 Å². The van der Waals surface area contributed by atoms with Crippen LogP contribution in [0.5, 0.6) is 0 Å². The number of hydrogen-bond acceptors (Lipinski definition) is 14. The summed E-state index contributed by atoms with van der Waals surface area (Å²) in [6.07, 6.45) is -4.74. The summed E-state index contributed by atoms with van der Waals surface area (Å²) in [6, 6.07) is -8.50. The summed E-state index contributed by atoms with van der Waals surface area (Å²) in [5.74, 6) is -12.6. The number of halogens is 3. The fourth-order valence-electron chi connectivity index (χ4n) is 7.89. The van der Waals surface area contributed by atoms with Gasteiger partial charge in [0.05, 0.1) is 25.6 Å². The number of likely N-dealkylation sites (tertiary alicyclic amines) is 1. The van der Waals surface area contributed by atoms with Crippen molar-refractivity contribution in [3.63, 3.8) is 0 Å². The molecule has 0 unspecified atom stereocenters. The first-order chi connectivity index (χ1) is 37.7. The number of alkyl halides is 3. The maximum absolute atomic E-state index is 14.2. The van der Waals surface area contributed by atoms with Gasteiger partial charge in [-0.1, -0.05) is 67.7 Å². The van der Waals surface area contributed by atoms with Crippen molar-refractivity contribution in [2.45, 2.75) is 181 Å². The molecule has 0 bridgehead atoms. The van der Waals surface area contributed by atoms with Crippen LogP contribution in [0.15, 0.2) is 4.99 Å². The number of guanidine groups is 1. The van der Waals surface area contributed by atoms with Crippen LogP contribution >= 0.6 is 0 Å². The quantitative estimate of drug-likeness (QED) is 0.0193. The third kappa shape index (κ3) is 27.1. The zero-order valence-corrected chi connectivity index (χ0v) is 47.8. The van der Waals surface area contributed by atoms with Gasteiger partial charge in [0.2, 0.25) is 59.1 Å². The van der Waals surface area contributed by atoms with Gasteiger partial charge < -0.3 is 79.1 Å². The van der Waals surface area contributed by atoms with Crippen molar-refractivity contribution < 1.29 is 86.0 Å². The fourth-order valence-corrected chi connectivity index (χ4v) is 7.89. The number of aliphatic carboxylic acids is 2.